The lowest BCUT2D eigenvalue weighted by molar-refractivity contribution is -0.134. The van der Waals surface area contributed by atoms with Gasteiger partial charge in [0.2, 0.25) is 0 Å². The van der Waals surface area contributed by atoms with Gasteiger partial charge in [-0.1, -0.05) is 32.6 Å². The molecule has 0 atom stereocenters. The van der Waals surface area contributed by atoms with E-state index in [9.17, 15) is 4.79 Å². The van der Waals surface area contributed by atoms with Gasteiger partial charge in [-0.3, -0.25) is 9.78 Å². The molecule has 3 heterocycles. The molecular weight excluding hydrogens is 460 g/mol. The Morgan fingerprint density at radius 3 is 2.69 bits per heavy atom. The standard InChI is InChI=1S/C29H40N2O3.ClH/c1-4-5-6-8-12-22-19-25(33-27(32)13-11-18-31-16-9-7-10-17-31)28-23-21-30-15-14-24(23)29(2,3)34-26(28)20-22;/h14-15,19-21H,4-13,16-18H2,1-3H3;1H. The molecule has 2 aromatic rings. The molecule has 1 aromatic heterocycles. The molecule has 1 saturated heterocycles. The van der Waals surface area contributed by atoms with Crippen LogP contribution in [0.4, 0.5) is 0 Å². The minimum atomic E-state index is -0.470. The maximum Gasteiger partial charge on any atom is 0.311 e. The molecule has 0 unspecified atom stereocenters. The first-order valence-electron chi connectivity index (χ1n) is 13.2. The number of carbonyl (C=O) groups is 1. The Hall–Kier alpha value is -2.11. The average molecular weight is 501 g/mol. The zero-order valence-corrected chi connectivity index (χ0v) is 22.4. The van der Waals surface area contributed by atoms with E-state index in [1.165, 1.54) is 38.5 Å². The molecule has 192 valence electrons. The van der Waals surface area contributed by atoms with Gasteiger partial charge in [0.15, 0.2) is 0 Å². The van der Waals surface area contributed by atoms with Crippen LogP contribution in [0.5, 0.6) is 11.5 Å². The lowest BCUT2D eigenvalue weighted by atomic mass is 9.86. The van der Waals surface area contributed by atoms with Gasteiger partial charge in [0.1, 0.15) is 17.1 Å². The van der Waals surface area contributed by atoms with Gasteiger partial charge in [-0.05, 0) is 89.3 Å². The molecule has 0 radical (unpaired) electrons. The quantitative estimate of drug-likeness (QED) is 0.198. The number of unbranched alkanes of at least 4 members (excludes halogenated alkanes) is 3. The fraction of sp³-hybridized carbons (Fsp3) is 0.586. The summed E-state index contributed by atoms with van der Waals surface area (Å²) in [5, 5.41) is 0. The Bertz CT molecular complexity index is 986. The van der Waals surface area contributed by atoms with Crippen LogP contribution in [-0.4, -0.2) is 35.5 Å². The van der Waals surface area contributed by atoms with Crippen molar-refractivity contribution in [1.82, 2.24) is 9.88 Å². The van der Waals surface area contributed by atoms with E-state index in [2.05, 4.69) is 36.7 Å². The maximum absolute atomic E-state index is 12.9. The van der Waals surface area contributed by atoms with Crippen LogP contribution in [-0.2, 0) is 16.8 Å². The Balaban J connectivity index is 0.00000342. The first-order chi connectivity index (χ1) is 16.5. The van der Waals surface area contributed by atoms with Crippen LogP contribution < -0.4 is 9.47 Å². The molecule has 0 N–H and O–H groups in total. The number of hydrogen-bond donors (Lipinski definition) is 0. The Labute approximate surface area is 217 Å². The van der Waals surface area contributed by atoms with Crippen molar-refractivity contribution in [1.29, 1.82) is 0 Å². The molecule has 0 amide bonds. The zero-order chi connectivity index (χ0) is 24.0. The van der Waals surface area contributed by atoms with Crippen molar-refractivity contribution < 1.29 is 14.3 Å². The predicted octanol–water partition coefficient (Wildman–Crippen LogP) is 7.09. The third-order valence-electron chi connectivity index (χ3n) is 7.08. The van der Waals surface area contributed by atoms with Crippen molar-refractivity contribution >= 4 is 18.4 Å². The summed E-state index contributed by atoms with van der Waals surface area (Å²) in [7, 11) is 0. The summed E-state index contributed by atoms with van der Waals surface area (Å²) in [6.07, 6.45) is 14.5. The van der Waals surface area contributed by atoms with Gasteiger partial charge in [0.05, 0.1) is 5.56 Å². The highest BCUT2D eigenvalue weighted by Crippen LogP contribution is 2.49. The number of rotatable bonds is 10. The molecule has 1 aromatic carbocycles. The summed E-state index contributed by atoms with van der Waals surface area (Å²) in [4.78, 5) is 19.7. The van der Waals surface area contributed by atoms with Crippen LogP contribution in [0.25, 0.3) is 11.1 Å². The Morgan fingerprint density at radius 2 is 1.91 bits per heavy atom. The highest BCUT2D eigenvalue weighted by Gasteiger charge is 2.35. The van der Waals surface area contributed by atoms with Crippen LogP contribution in [0.2, 0.25) is 0 Å². The van der Waals surface area contributed by atoms with Crippen molar-refractivity contribution in [3.8, 4) is 22.6 Å². The van der Waals surface area contributed by atoms with Crippen molar-refractivity contribution in [2.75, 3.05) is 19.6 Å². The average Bonchev–Trinajstić information content (AvgIpc) is 2.82. The number of aromatic nitrogens is 1. The topological polar surface area (TPSA) is 51.7 Å². The highest BCUT2D eigenvalue weighted by atomic mass is 35.5. The maximum atomic E-state index is 12.9. The number of ether oxygens (including phenoxy) is 2. The summed E-state index contributed by atoms with van der Waals surface area (Å²) < 4.78 is 12.5. The van der Waals surface area contributed by atoms with Gasteiger partial charge in [-0.25, -0.2) is 0 Å². The van der Waals surface area contributed by atoms with E-state index in [-0.39, 0.29) is 18.4 Å². The van der Waals surface area contributed by atoms with Crippen molar-refractivity contribution in [3.63, 3.8) is 0 Å². The number of piperidine rings is 1. The molecule has 0 bridgehead atoms. The number of esters is 1. The molecule has 0 saturated carbocycles. The normalized spacial score (nSPS) is 16.4. The highest BCUT2D eigenvalue weighted by molar-refractivity contribution is 5.85. The smallest absolute Gasteiger partial charge is 0.311 e. The van der Waals surface area contributed by atoms with Crippen LogP contribution >= 0.6 is 12.4 Å². The molecule has 2 aliphatic heterocycles. The lowest BCUT2D eigenvalue weighted by Gasteiger charge is -2.35. The van der Waals surface area contributed by atoms with Crippen molar-refractivity contribution in [2.45, 2.75) is 90.6 Å². The largest absolute Gasteiger partial charge is 0.482 e. The predicted molar refractivity (Wildman–Crippen MR) is 144 cm³/mol. The van der Waals surface area contributed by atoms with Crippen molar-refractivity contribution in [2.24, 2.45) is 0 Å². The number of aryl methyl sites for hydroxylation is 1. The van der Waals surface area contributed by atoms with E-state index in [0.717, 1.165) is 66.9 Å². The number of pyridine rings is 1. The van der Waals surface area contributed by atoms with E-state index in [1.807, 2.05) is 18.3 Å². The zero-order valence-electron chi connectivity index (χ0n) is 21.6. The summed E-state index contributed by atoms with van der Waals surface area (Å²) in [6, 6.07) is 6.18. The van der Waals surface area contributed by atoms with Gasteiger partial charge in [-0.15, -0.1) is 12.4 Å². The molecule has 4 rings (SSSR count). The van der Waals surface area contributed by atoms with Crippen LogP contribution in [0.1, 0.15) is 89.7 Å². The SMILES string of the molecule is CCCCCCc1cc(OC(=O)CCCN2CCCCC2)c2c(c1)OC(C)(C)c1ccncc1-2.Cl. The number of likely N-dealkylation sites (tertiary alicyclic amines) is 1. The monoisotopic (exact) mass is 500 g/mol. The van der Waals surface area contributed by atoms with Gasteiger partial charge >= 0.3 is 5.97 Å². The molecule has 1 fully saturated rings. The first kappa shape index (κ1) is 27.5. The number of carbonyl (C=O) groups excluding carboxylic acids is 1. The molecule has 6 heteroatoms. The van der Waals surface area contributed by atoms with Crippen LogP contribution in [0.3, 0.4) is 0 Å². The fourth-order valence-electron chi connectivity index (χ4n) is 5.22. The first-order valence-corrected chi connectivity index (χ1v) is 13.2. The van der Waals surface area contributed by atoms with Gasteiger partial charge in [0, 0.05) is 29.9 Å². The third-order valence-corrected chi connectivity index (χ3v) is 7.08. The van der Waals surface area contributed by atoms with Crippen LogP contribution in [0, 0.1) is 0 Å². The number of hydrogen-bond acceptors (Lipinski definition) is 5. The minimum Gasteiger partial charge on any atom is -0.482 e. The molecule has 35 heavy (non-hydrogen) atoms. The van der Waals surface area contributed by atoms with E-state index < -0.39 is 5.60 Å². The lowest BCUT2D eigenvalue weighted by Crippen LogP contribution is -2.31. The van der Waals surface area contributed by atoms with E-state index in [0.29, 0.717) is 12.2 Å². The Kier molecular flexibility index (Phi) is 9.99. The van der Waals surface area contributed by atoms with Gasteiger partial charge in [-0.2, -0.15) is 0 Å². The van der Waals surface area contributed by atoms with E-state index >= 15 is 0 Å². The molecule has 2 aliphatic rings. The number of halogens is 1. The van der Waals surface area contributed by atoms with Crippen LogP contribution in [0.15, 0.2) is 30.6 Å². The summed E-state index contributed by atoms with van der Waals surface area (Å²) in [5.41, 5.74) is 3.59. The number of benzene rings is 1. The van der Waals surface area contributed by atoms with E-state index in [1.54, 1.807) is 6.20 Å². The second-order valence-electron chi connectivity index (χ2n) is 10.3. The molecule has 0 spiro atoms. The molecular formula is C29H41ClN2O3. The van der Waals surface area contributed by atoms with E-state index in [4.69, 9.17) is 9.47 Å². The Morgan fingerprint density at radius 1 is 1.11 bits per heavy atom. The summed E-state index contributed by atoms with van der Waals surface area (Å²) in [5.74, 6) is 1.22. The number of fused-ring (bicyclic) bond motifs is 3. The second kappa shape index (κ2) is 12.7. The second-order valence-corrected chi connectivity index (χ2v) is 10.3. The van der Waals surface area contributed by atoms with Crippen molar-refractivity contribution in [3.05, 3.63) is 41.7 Å². The minimum absolute atomic E-state index is 0. The van der Waals surface area contributed by atoms with Gasteiger partial charge < -0.3 is 14.4 Å². The fourth-order valence-corrected chi connectivity index (χ4v) is 5.22. The molecule has 5 nitrogen and oxygen atoms in total. The summed E-state index contributed by atoms with van der Waals surface area (Å²) in [6.45, 7) is 9.65. The molecule has 0 aliphatic carbocycles. The third kappa shape index (κ3) is 6.98. The van der Waals surface area contributed by atoms with Gasteiger partial charge in [0.25, 0.3) is 0 Å². The summed E-state index contributed by atoms with van der Waals surface area (Å²) >= 11 is 0. The number of nitrogens with zero attached hydrogens (tertiary/aromatic N) is 2.